The van der Waals surface area contributed by atoms with Crippen molar-refractivity contribution in [1.82, 2.24) is 5.32 Å². The summed E-state index contributed by atoms with van der Waals surface area (Å²) >= 11 is 0. The van der Waals surface area contributed by atoms with E-state index in [1.165, 1.54) is 0 Å². The number of amides is 1. The van der Waals surface area contributed by atoms with Gasteiger partial charge in [-0.3, -0.25) is 4.79 Å². The average molecular weight is 279 g/mol. The Morgan fingerprint density at radius 3 is 2.60 bits per heavy atom. The Kier molecular flexibility index (Phi) is 4.84. The highest BCUT2D eigenvalue weighted by Crippen LogP contribution is 2.28. The molecule has 0 unspecified atom stereocenters. The molecule has 0 aliphatic heterocycles. The van der Waals surface area contributed by atoms with E-state index in [1.807, 2.05) is 12.1 Å². The highest BCUT2D eigenvalue weighted by Gasteiger charge is 2.31. The highest BCUT2D eigenvalue weighted by atomic mass is 16.5. The number of nitrogens with one attached hydrogen (secondary N) is 1. The van der Waals surface area contributed by atoms with Crippen molar-refractivity contribution in [1.29, 1.82) is 0 Å². The van der Waals surface area contributed by atoms with Gasteiger partial charge in [0, 0.05) is 6.54 Å². The number of ether oxygens (including phenoxy) is 2. The topological polar surface area (TPSA) is 67.8 Å². The zero-order valence-corrected chi connectivity index (χ0v) is 11.7. The Bertz CT molecular complexity index is 455. The Morgan fingerprint density at radius 1 is 1.30 bits per heavy atom. The van der Waals surface area contributed by atoms with Gasteiger partial charge in [0.05, 0.1) is 12.7 Å². The average Bonchev–Trinajstić information content (AvgIpc) is 2.90. The number of methoxy groups -OCH3 is 1. The molecule has 1 aliphatic carbocycles. The van der Waals surface area contributed by atoms with Crippen LogP contribution >= 0.6 is 0 Å². The summed E-state index contributed by atoms with van der Waals surface area (Å²) in [5.74, 6) is 0.885. The predicted molar refractivity (Wildman–Crippen MR) is 74.9 cm³/mol. The van der Waals surface area contributed by atoms with Gasteiger partial charge in [-0.2, -0.15) is 0 Å². The molecule has 0 aromatic heterocycles. The minimum Gasteiger partial charge on any atom is -0.493 e. The summed E-state index contributed by atoms with van der Waals surface area (Å²) in [7, 11) is 1.55. The second-order valence-electron chi connectivity index (χ2n) is 5.15. The van der Waals surface area contributed by atoms with Crippen molar-refractivity contribution in [3.63, 3.8) is 0 Å². The third-order valence-corrected chi connectivity index (χ3v) is 3.58. The van der Waals surface area contributed by atoms with Gasteiger partial charge in [0.1, 0.15) is 0 Å². The van der Waals surface area contributed by atoms with Crippen LogP contribution in [0.25, 0.3) is 0 Å². The highest BCUT2D eigenvalue weighted by molar-refractivity contribution is 5.77. The van der Waals surface area contributed by atoms with Crippen molar-refractivity contribution >= 4 is 5.91 Å². The van der Waals surface area contributed by atoms with Gasteiger partial charge >= 0.3 is 0 Å². The molecule has 1 fully saturated rings. The maximum atomic E-state index is 11.7. The molecular formula is C15H21NO4. The third-order valence-electron chi connectivity index (χ3n) is 3.58. The number of carbonyl (C=O) groups is 1. The first-order chi connectivity index (χ1) is 9.63. The van der Waals surface area contributed by atoms with Gasteiger partial charge in [0.25, 0.3) is 5.91 Å². The van der Waals surface area contributed by atoms with Crippen LogP contribution in [0.3, 0.4) is 0 Å². The van der Waals surface area contributed by atoms with Crippen LogP contribution in [0.2, 0.25) is 0 Å². The van der Waals surface area contributed by atoms with Gasteiger partial charge in [0.2, 0.25) is 0 Å². The number of aliphatic hydroxyl groups is 1. The number of para-hydroxylation sites is 2. The monoisotopic (exact) mass is 279 g/mol. The van der Waals surface area contributed by atoms with E-state index in [1.54, 1.807) is 19.2 Å². The van der Waals surface area contributed by atoms with Crippen molar-refractivity contribution in [2.75, 3.05) is 20.3 Å². The lowest BCUT2D eigenvalue weighted by atomic mass is 10.0. The molecule has 2 rings (SSSR count). The Balaban J connectivity index is 1.77. The first-order valence-corrected chi connectivity index (χ1v) is 6.88. The summed E-state index contributed by atoms with van der Waals surface area (Å²) in [6.07, 6.45) is 3.54. The fourth-order valence-electron chi connectivity index (χ4n) is 2.41. The second kappa shape index (κ2) is 6.61. The van der Waals surface area contributed by atoms with Crippen molar-refractivity contribution in [3.8, 4) is 11.5 Å². The SMILES string of the molecule is COc1ccccc1OCC(=O)NCC1(O)CCCC1. The van der Waals surface area contributed by atoms with Crippen LogP contribution in [0.5, 0.6) is 11.5 Å². The van der Waals surface area contributed by atoms with E-state index in [-0.39, 0.29) is 12.5 Å². The minimum absolute atomic E-state index is 0.0869. The standard InChI is InChI=1S/C15H21NO4/c1-19-12-6-2-3-7-13(12)20-10-14(17)16-11-15(18)8-4-5-9-15/h2-3,6-7,18H,4-5,8-11H2,1H3,(H,16,17). The molecular weight excluding hydrogens is 258 g/mol. The van der Waals surface area contributed by atoms with E-state index >= 15 is 0 Å². The van der Waals surface area contributed by atoms with E-state index < -0.39 is 5.60 Å². The molecule has 1 aliphatic rings. The van der Waals surface area contributed by atoms with Crippen LogP contribution in [-0.2, 0) is 4.79 Å². The van der Waals surface area contributed by atoms with Crippen LogP contribution in [0.15, 0.2) is 24.3 Å². The summed E-state index contributed by atoms with van der Waals surface area (Å²) < 4.78 is 10.6. The van der Waals surface area contributed by atoms with E-state index in [0.717, 1.165) is 25.7 Å². The molecule has 0 radical (unpaired) electrons. The van der Waals surface area contributed by atoms with Crippen molar-refractivity contribution < 1.29 is 19.4 Å². The summed E-state index contributed by atoms with van der Waals surface area (Å²) in [5, 5.41) is 12.9. The van der Waals surface area contributed by atoms with Crippen LogP contribution in [-0.4, -0.2) is 36.9 Å². The normalized spacial score (nSPS) is 16.7. The van der Waals surface area contributed by atoms with E-state index in [4.69, 9.17) is 9.47 Å². The molecule has 0 heterocycles. The molecule has 0 bridgehead atoms. The molecule has 20 heavy (non-hydrogen) atoms. The lowest BCUT2D eigenvalue weighted by Gasteiger charge is -2.22. The van der Waals surface area contributed by atoms with Crippen molar-refractivity contribution in [2.45, 2.75) is 31.3 Å². The molecule has 1 amide bonds. The molecule has 1 saturated carbocycles. The second-order valence-corrected chi connectivity index (χ2v) is 5.15. The lowest BCUT2D eigenvalue weighted by Crippen LogP contribution is -2.42. The van der Waals surface area contributed by atoms with Gasteiger partial charge in [-0.25, -0.2) is 0 Å². The lowest BCUT2D eigenvalue weighted by molar-refractivity contribution is -0.124. The molecule has 1 aromatic carbocycles. The smallest absolute Gasteiger partial charge is 0.258 e. The fourth-order valence-corrected chi connectivity index (χ4v) is 2.41. The van der Waals surface area contributed by atoms with Gasteiger partial charge < -0.3 is 19.9 Å². The van der Waals surface area contributed by atoms with E-state index in [9.17, 15) is 9.90 Å². The summed E-state index contributed by atoms with van der Waals surface area (Å²) in [5.41, 5.74) is -0.736. The maximum absolute atomic E-state index is 11.7. The Labute approximate surface area is 118 Å². The van der Waals surface area contributed by atoms with Gasteiger partial charge in [-0.15, -0.1) is 0 Å². The Morgan fingerprint density at radius 2 is 1.95 bits per heavy atom. The number of hydrogen-bond donors (Lipinski definition) is 2. The van der Waals surface area contributed by atoms with Gasteiger partial charge in [-0.05, 0) is 25.0 Å². The third kappa shape index (κ3) is 3.87. The van der Waals surface area contributed by atoms with Crippen LogP contribution in [0.1, 0.15) is 25.7 Å². The van der Waals surface area contributed by atoms with Crippen molar-refractivity contribution in [2.24, 2.45) is 0 Å². The number of carbonyl (C=O) groups excluding carboxylic acids is 1. The largest absolute Gasteiger partial charge is 0.493 e. The van der Waals surface area contributed by atoms with E-state index in [0.29, 0.717) is 18.0 Å². The van der Waals surface area contributed by atoms with Crippen LogP contribution < -0.4 is 14.8 Å². The molecule has 5 nitrogen and oxygen atoms in total. The molecule has 5 heteroatoms. The predicted octanol–water partition coefficient (Wildman–Crippen LogP) is 1.50. The van der Waals surface area contributed by atoms with E-state index in [2.05, 4.69) is 5.32 Å². The van der Waals surface area contributed by atoms with Crippen LogP contribution in [0.4, 0.5) is 0 Å². The number of rotatable bonds is 6. The quantitative estimate of drug-likeness (QED) is 0.828. The Hall–Kier alpha value is -1.75. The number of benzene rings is 1. The van der Waals surface area contributed by atoms with Crippen molar-refractivity contribution in [3.05, 3.63) is 24.3 Å². The molecule has 0 spiro atoms. The molecule has 1 aromatic rings. The number of hydrogen-bond acceptors (Lipinski definition) is 4. The molecule has 2 N–H and O–H groups in total. The summed E-state index contributed by atoms with van der Waals surface area (Å²) in [6, 6.07) is 7.17. The fraction of sp³-hybridized carbons (Fsp3) is 0.533. The zero-order valence-electron chi connectivity index (χ0n) is 11.7. The van der Waals surface area contributed by atoms with Gasteiger partial charge in [0.15, 0.2) is 18.1 Å². The maximum Gasteiger partial charge on any atom is 0.258 e. The molecule has 110 valence electrons. The molecule has 0 atom stereocenters. The summed E-state index contributed by atoms with van der Waals surface area (Å²) in [6.45, 7) is 0.206. The minimum atomic E-state index is -0.736. The van der Waals surface area contributed by atoms with Gasteiger partial charge in [-0.1, -0.05) is 25.0 Å². The molecule has 0 saturated heterocycles. The first-order valence-electron chi connectivity index (χ1n) is 6.88. The zero-order chi connectivity index (χ0) is 14.4. The summed E-state index contributed by atoms with van der Waals surface area (Å²) in [4.78, 5) is 11.7. The van der Waals surface area contributed by atoms with Crippen LogP contribution in [0, 0.1) is 0 Å². The first kappa shape index (κ1) is 14.7.